The molecule has 0 fully saturated rings. The number of aromatic nitrogens is 6. The highest BCUT2D eigenvalue weighted by Gasteiger charge is 2.17. The Balaban J connectivity index is 1.36. The number of H-pyrrole nitrogens is 2. The van der Waals surface area contributed by atoms with Gasteiger partial charge in [0, 0.05) is 45.1 Å². The molecule has 0 radical (unpaired) electrons. The third-order valence-electron chi connectivity index (χ3n) is 6.60. The van der Waals surface area contributed by atoms with Gasteiger partial charge in [-0.3, -0.25) is 19.9 Å². The molecule has 0 aliphatic heterocycles. The first-order valence-electron chi connectivity index (χ1n) is 12.9. The van der Waals surface area contributed by atoms with Crippen LogP contribution in [0, 0.1) is 0 Å². The number of rotatable bonds is 8. The van der Waals surface area contributed by atoms with Crippen LogP contribution >= 0.6 is 11.3 Å². The van der Waals surface area contributed by atoms with E-state index in [0.29, 0.717) is 23.6 Å². The van der Waals surface area contributed by atoms with Gasteiger partial charge in [0.2, 0.25) is 5.91 Å². The van der Waals surface area contributed by atoms with Crippen molar-refractivity contribution in [1.29, 1.82) is 0 Å². The summed E-state index contributed by atoms with van der Waals surface area (Å²) in [6.07, 6.45) is 8.79. The second-order valence-electron chi connectivity index (χ2n) is 9.49. The second kappa shape index (κ2) is 10.4. The summed E-state index contributed by atoms with van der Waals surface area (Å²) in [5.41, 5.74) is 6.58. The lowest BCUT2D eigenvalue weighted by Gasteiger charge is -2.07. The largest absolute Gasteiger partial charge is 0.388 e. The van der Waals surface area contributed by atoms with Gasteiger partial charge in [0.25, 0.3) is 0 Å². The lowest BCUT2D eigenvalue weighted by Crippen LogP contribution is -2.11. The van der Waals surface area contributed by atoms with Gasteiger partial charge in [-0.15, -0.1) is 11.3 Å². The number of thiophene rings is 1. The van der Waals surface area contributed by atoms with Crippen molar-refractivity contribution in [3.63, 3.8) is 0 Å². The Labute approximate surface area is 228 Å². The number of imidazole rings is 1. The quantitative estimate of drug-likeness (QED) is 0.176. The van der Waals surface area contributed by atoms with Crippen molar-refractivity contribution in [3.8, 4) is 33.1 Å². The molecule has 5 aromatic heterocycles. The highest BCUT2D eigenvalue weighted by atomic mass is 32.1. The van der Waals surface area contributed by atoms with Crippen molar-refractivity contribution >= 4 is 44.9 Å². The fourth-order valence-corrected chi connectivity index (χ4v) is 5.50. The summed E-state index contributed by atoms with van der Waals surface area (Å²) in [4.78, 5) is 31.1. The lowest BCUT2D eigenvalue weighted by atomic mass is 10.0. The number of aliphatic hydroxyl groups excluding tert-OH is 1. The van der Waals surface area contributed by atoms with E-state index in [-0.39, 0.29) is 5.91 Å². The minimum Gasteiger partial charge on any atom is -0.388 e. The maximum Gasteiger partial charge on any atom is 0.224 e. The number of aliphatic hydroxyl groups is 1. The van der Waals surface area contributed by atoms with Crippen LogP contribution in [0.3, 0.4) is 0 Å². The lowest BCUT2D eigenvalue weighted by molar-refractivity contribution is -0.116. The maximum atomic E-state index is 12.2. The van der Waals surface area contributed by atoms with Gasteiger partial charge in [-0.25, -0.2) is 4.98 Å². The number of carbonyl (C=O) groups is 1. The summed E-state index contributed by atoms with van der Waals surface area (Å²) >= 11 is 1.53. The van der Waals surface area contributed by atoms with E-state index in [4.69, 9.17) is 4.98 Å². The Kier molecular flexibility index (Phi) is 6.64. The van der Waals surface area contributed by atoms with Crippen LogP contribution in [0.2, 0.25) is 0 Å². The average molecular weight is 538 g/mol. The molecule has 1 unspecified atom stereocenters. The van der Waals surface area contributed by atoms with E-state index >= 15 is 0 Å². The summed E-state index contributed by atoms with van der Waals surface area (Å²) in [5, 5.41) is 21.5. The predicted octanol–water partition coefficient (Wildman–Crippen LogP) is 6.47. The van der Waals surface area contributed by atoms with Gasteiger partial charge in [0.15, 0.2) is 5.82 Å². The van der Waals surface area contributed by atoms with E-state index in [1.165, 1.54) is 11.3 Å². The molecule has 1 aromatic carbocycles. The summed E-state index contributed by atoms with van der Waals surface area (Å²) < 4.78 is 0. The molecule has 0 saturated carbocycles. The molecule has 1 atom stereocenters. The minimum atomic E-state index is -0.525. The summed E-state index contributed by atoms with van der Waals surface area (Å²) in [6, 6.07) is 11.9. The fraction of sp³-hybridized carbons (Fsp3) is 0.207. The number of fused-ring (bicyclic) bond motifs is 2. The Morgan fingerprint density at radius 1 is 1.05 bits per heavy atom. The smallest absolute Gasteiger partial charge is 0.224 e. The van der Waals surface area contributed by atoms with Crippen LogP contribution in [0.25, 0.3) is 55.0 Å². The fourth-order valence-electron chi connectivity index (χ4n) is 4.55. The minimum absolute atomic E-state index is 0.00763. The van der Waals surface area contributed by atoms with E-state index in [9.17, 15) is 9.90 Å². The number of pyridine rings is 2. The molecule has 0 aliphatic carbocycles. The first-order valence-corrected chi connectivity index (χ1v) is 13.7. The van der Waals surface area contributed by atoms with Crippen LogP contribution in [-0.2, 0) is 4.79 Å². The Hall–Kier alpha value is -4.41. The number of nitrogens with one attached hydrogen (secondary N) is 3. The number of unbranched alkanes of at least 4 members (excludes halogenated alkanes) is 1. The zero-order valence-corrected chi connectivity index (χ0v) is 22.3. The molecule has 0 aliphatic rings. The molecule has 1 amide bonds. The van der Waals surface area contributed by atoms with E-state index in [2.05, 4.69) is 37.4 Å². The van der Waals surface area contributed by atoms with Gasteiger partial charge in [-0.05, 0) is 49.2 Å². The van der Waals surface area contributed by atoms with Gasteiger partial charge in [0.1, 0.15) is 11.2 Å². The van der Waals surface area contributed by atoms with Crippen molar-refractivity contribution in [2.24, 2.45) is 0 Å². The maximum absolute atomic E-state index is 12.2. The number of carbonyl (C=O) groups excluding carboxylic acids is 1. The van der Waals surface area contributed by atoms with Crippen molar-refractivity contribution in [2.45, 2.75) is 39.2 Å². The van der Waals surface area contributed by atoms with E-state index in [1.807, 2.05) is 36.4 Å². The highest BCUT2D eigenvalue weighted by Crippen LogP contribution is 2.36. The molecule has 6 rings (SSSR count). The molecule has 4 N–H and O–H groups in total. The third-order valence-corrected chi connectivity index (χ3v) is 7.89. The van der Waals surface area contributed by atoms with Crippen molar-refractivity contribution in [1.82, 2.24) is 30.1 Å². The predicted molar refractivity (Wildman–Crippen MR) is 154 cm³/mol. The SMILES string of the molecule is CCCCC(=O)Nc1cncc(-c2ccc3[nH]nc(-c4nc5c(-c6ccc(C(C)O)s6)cncc5[nH]4)c3c2)c1. The molecule has 6 aromatic rings. The van der Waals surface area contributed by atoms with Crippen LogP contribution in [0.15, 0.2) is 61.2 Å². The monoisotopic (exact) mass is 537 g/mol. The molecule has 0 saturated heterocycles. The molecule has 0 bridgehead atoms. The first kappa shape index (κ1) is 24.9. The second-order valence-corrected chi connectivity index (χ2v) is 10.6. The normalized spacial score (nSPS) is 12.3. The van der Waals surface area contributed by atoms with Crippen LogP contribution in [0.1, 0.15) is 44.1 Å². The summed E-state index contributed by atoms with van der Waals surface area (Å²) in [5.74, 6) is 0.622. The number of anilines is 1. The van der Waals surface area contributed by atoms with Crippen molar-refractivity contribution in [3.05, 3.63) is 66.1 Å². The topological polar surface area (TPSA) is 132 Å². The number of amides is 1. The molecule has 5 heterocycles. The number of nitrogens with zero attached hydrogens (tertiary/aromatic N) is 4. The Bertz CT molecular complexity index is 1800. The Morgan fingerprint density at radius 3 is 2.74 bits per heavy atom. The van der Waals surface area contributed by atoms with Crippen LogP contribution < -0.4 is 5.32 Å². The molecule has 0 spiro atoms. The molecule has 10 heteroatoms. The van der Waals surface area contributed by atoms with Crippen LogP contribution in [0.5, 0.6) is 0 Å². The first-order chi connectivity index (χ1) is 19.0. The standard InChI is InChI=1S/C29H27N7O2S/c1-3-4-5-26(38)32-19-10-18(12-30-13-19)17-6-7-22-20(11-17)28(36-35-22)29-33-23-15-31-14-21(27(23)34-29)25-9-8-24(39-25)16(2)37/h6-16,37H,3-5H2,1-2H3,(H,32,38)(H,33,34)(H,35,36). The van der Waals surface area contributed by atoms with Crippen LogP contribution in [0.4, 0.5) is 5.69 Å². The third kappa shape index (κ3) is 4.91. The van der Waals surface area contributed by atoms with Gasteiger partial charge in [-0.2, -0.15) is 5.10 Å². The number of benzene rings is 1. The highest BCUT2D eigenvalue weighted by molar-refractivity contribution is 7.15. The zero-order valence-electron chi connectivity index (χ0n) is 21.5. The zero-order chi connectivity index (χ0) is 26.9. The number of hydrogen-bond donors (Lipinski definition) is 4. The summed E-state index contributed by atoms with van der Waals surface area (Å²) in [6.45, 7) is 3.82. The van der Waals surface area contributed by atoms with E-state index < -0.39 is 6.10 Å². The molecule has 39 heavy (non-hydrogen) atoms. The van der Waals surface area contributed by atoms with Crippen LogP contribution in [-0.4, -0.2) is 41.1 Å². The number of aromatic amines is 2. The van der Waals surface area contributed by atoms with Crippen molar-refractivity contribution in [2.75, 3.05) is 5.32 Å². The van der Waals surface area contributed by atoms with Crippen molar-refractivity contribution < 1.29 is 9.90 Å². The molecular formula is C29H27N7O2S. The Morgan fingerprint density at radius 2 is 1.92 bits per heavy atom. The number of hydrogen-bond acceptors (Lipinski definition) is 7. The van der Waals surface area contributed by atoms with Gasteiger partial charge < -0.3 is 15.4 Å². The molecule has 9 nitrogen and oxygen atoms in total. The van der Waals surface area contributed by atoms with Gasteiger partial charge in [0.05, 0.1) is 35.2 Å². The molecule has 196 valence electrons. The molecular weight excluding hydrogens is 510 g/mol. The van der Waals surface area contributed by atoms with E-state index in [1.54, 1.807) is 31.7 Å². The summed E-state index contributed by atoms with van der Waals surface area (Å²) in [7, 11) is 0. The van der Waals surface area contributed by atoms with E-state index in [0.717, 1.165) is 61.2 Å². The van der Waals surface area contributed by atoms with Gasteiger partial charge >= 0.3 is 0 Å². The van der Waals surface area contributed by atoms with Gasteiger partial charge in [-0.1, -0.05) is 19.4 Å². The average Bonchev–Trinajstić information content (AvgIpc) is 3.69.